The zero-order valence-electron chi connectivity index (χ0n) is 5.47. The molecule has 0 aromatic rings. The SMILES string of the molecule is CC(C)(C)N(N)N=N. The van der Waals surface area contributed by atoms with Gasteiger partial charge in [-0.1, -0.05) is 5.22 Å². The number of hydrogen-bond acceptors (Lipinski definition) is 3. The van der Waals surface area contributed by atoms with Crippen LogP contribution in [0.4, 0.5) is 0 Å². The summed E-state index contributed by atoms with van der Waals surface area (Å²) in [6, 6.07) is 0. The van der Waals surface area contributed by atoms with E-state index in [0.717, 1.165) is 5.12 Å². The first-order valence-electron chi connectivity index (χ1n) is 2.41. The van der Waals surface area contributed by atoms with E-state index in [1.165, 1.54) is 0 Å². The molecule has 0 bridgehead atoms. The molecule has 0 heterocycles. The molecule has 0 aliphatic rings. The Labute approximate surface area is 49.1 Å². The molecule has 48 valence electrons. The van der Waals surface area contributed by atoms with Crippen molar-refractivity contribution in [2.75, 3.05) is 0 Å². The van der Waals surface area contributed by atoms with Gasteiger partial charge in [0.1, 0.15) is 0 Å². The van der Waals surface area contributed by atoms with E-state index < -0.39 is 0 Å². The number of hydrazine groups is 1. The molecule has 0 aliphatic heterocycles. The largest absolute Gasteiger partial charge is 0.229 e. The molecule has 0 rings (SSSR count). The minimum absolute atomic E-state index is 0.234. The van der Waals surface area contributed by atoms with E-state index in [4.69, 9.17) is 11.4 Å². The van der Waals surface area contributed by atoms with Gasteiger partial charge in [-0.25, -0.2) is 11.0 Å². The summed E-state index contributed by atoms with van der Waals surface area (Å²) in [4.78, 5) is 0. The fourth-order valence-corrected chi connectivity index (χ4v) is 0.150. The average Bonchev–Trinajstić information content (AvgIpc) is 1.62. The highest BCUT2D eigenvalue weighted by molar-refractivity contribution is 4.65. The Bertz CT molecular complexity index is 82.5. The zero-order chi connectivity index (χ0) is 6.78. The van der Waals surface area contributed by atoms with Gasteiger partial charge in [-0.2, -0.15) is 5.53 Å². The third-order valence-corrected chi connectivity index (χ3v) is 0.795. The average molecular weight is 116 g/mol. The summed E-state index contributed by atoms with van der Waals surface area (Å²) in [5.41, 5.74) is 6.26. The van der Waals surface area contributed by atoms with Gasteiger partial charge in [0.15, 0.2) is 0 Å². The fourth-order valence-electron chi connectivity index (χ4n) is 0.150. The minimum Gasteiger partial charge on any atom is -0.229 e. The van der Waals surface area contributed by atoms with Crippen LogP contribution >= 0.6 is 0 Å². The molecule has 8 heavy (non-hydrogen) atoms. The lowest BCUT2D eigenvalue weighted by molar-refractivity contribution is 0.127. The van der Waals surface area contributed by atoms with E-state index in [2.05, 4.69) is 5.22 Å². The Morgan fingerprint density at radius 3 is 1.88 bits per heavy atom. The van der Waals surface area contributed by atoms with E-state index in [1.54, 1.807) is 0 Å². The molecule has 4 nitrogen and oxygen atoms in total. The first-order chi connectivity index (χ1) is 3.48. The standard InChI is InChI=1S/C4H12N4/c1-4(2,3)8(6)7-5/h5H,6H2,1-3H3. The van der Waals surface area contributed by atoms with Crippen LogP contribution < -0.4 is 5.84 Å². The fraction of sp³-hybridized carbons (Fsp3) is 1.00. The first kappa shape index (κ1) is 7.36. The Morgan fingerprint density at radius 1 is 1.50 bits per heavy atom. The minimum atomic E-state index is -0.234. The number of nitrogens with zero attached hydrogens (tertiary/aromatic N) is 2. The normalized spacial score (nSPS) is 11.0. The molecule has 0 saturated heterocycles. The molecule has 3 N–H and O–H groups in total. The molecule has 0 spiro atoms. The Balaban J connectivity index is 3.80. The summed E-state index contributed by atoms with van der Waals surface area (Å²) < 4.78 is 0. The summed E-state index contributed by atoms with van der Waals surface area (Å²) in [6.45, 7) is 5.64. The lowest BCUT2D eigenvalue weighted by Gasteiger charge is -2.25. The zero-order valence-corrected chi connectivity index (χ0v) is 5.47. The highest BCUT2D eigenvalue weighted by Crippen LogP contribution is 2.06. The maximum atomic E-state index is 6.49. The molecular formula is C4H12N4. The predicted molar refractivity (Wildman–Crippen MR) is 30.9 cm³/mol. The van der Waals surface area contributed by atoms with Crippen LogP contribution in [-0.2, 0) is 0 Å². The van der Waals surface area contributed by atoms with Crippen LogP contribution in [-0.4, -0.2) is 10.7 Å². The third-order valence-electron chi connectivity index (χ3n) is 0.795. The van der Waals surface area contributed by atoms with Crippen molar-refractivity contribution in [3.05, 3.63) is 0 Å². The van der Waals surface area contributed by atoms with Crippen molar-refractivity contribution in [1.82, 2.24) is 5.12 Å². The van der Waals surface area contributed by atoms with Crippen LogP contribution in [0.25, 0.3) is 0 Å². The van der Waals surface area contributed by atoms with E-state index in [1.807, 2.05) is 20.8 Å². The lowest BCUT2D eigenvalue weighted by Crippen LogP contribution is -2.41. The number of nitrogens with two attached hydrogens (primary N) is 1. The molecule has 0 atom stereocenters. The molecule has 0 unspecified atom stereocenters. The van der Waals surface area contributed by atoms with E-state index >= 15 is 0 Å². The highest BCUT2D eigenvalue weighted by atomic mass is 15.7. The Hall–Kier alpha value is -0.640. The summed E-state index contributed by atoms with van der Waals surface area (Å²) in [6.07, 6.45) is 0. The first-order valence-corrected chi connectivity index (χ1v) is 2.41. The van der Waals surface area contributed by atoms with Crippen LogP contribution in [0.15, 0.2) is 5.22 Å². The van der Waals surface area contributed by atoms with Crippen molar-refractivity contribution in [3.63, 3.8) is 0 Å². The monoisotopic (exact) mass is 116 g/mol. The molecule has 0 saturated carbocycles. The summed E-state index contributed by atoms with van der Waals surface area (Å²) in [5, 5.41) is 4.12. The second kappa shape index (κ2) is 2.09. The maximum absolute atomic E-state index is 6.49. The summed E-state index contributed by atoms with van der Waals surface area (Å²) in [5.74, 6) is 5.23. The third kappa shape index (κ3) is 1.88. The smallest absolute Gasteiger partial charge is 0.0681 e. The molecule has 0 aromatic heterocycles. The van der Waals surface area contributed by atoms with Crippen LogP contribution in [0.3, 0.4) is 0 Å². The van der Waals surface area contributed by atoms with Gasteiger partial charge in [0.25, 0.3) is 0 Å². The van der Waals surface area contributed by atoms with Crippen molar-refractivity contribution in [3.8, 4) is 0 Å². The van der Waals surface area contributed by atoms with Crippen LogP contribution in [0.1, 0.15) is 20.8 Å². The van der Waals surface area contributed by atoms with Gasteiger partial charge in [0.2, 0.25) is 0 Å². The molecule has 0 fully saturated rings. The molecule has 0 amide bonds. The second-order valence-corrected chi connectivity index (χ2v) is 2.62. The van der Waals surface area contributed by atoms with Crippen molar-refractivity contribution in [2.45, 2.75) is 26.3 Å². The second-order valence-electron chi connectivity index (χ2n) is 2.62. The quantitative estimate of drug-likeness (QED) is 0.304. The highest BCUT2D eigenvalue weighted by Gasteiger charge is 2.15. The van der Waals surface area contributed by atoms with E-state index in [9.17, 15) is 0 Å². The van der Waals surface area contributed by atoms with Crippen molar-refractivity contribution in [1.29, 1.82) is 5.53 Å². The van der Waals surface area contributed by atoms with Crippen LogP contribution in [0.5, 0.6) is 0 Å². The van der Waals surface area contributed by atoms with Gasteiger partial charge in [-0.05, 0) is 20.8 Å². The van der Waals surface area contributed by atoms with E-state index in [0.29, 0.717) is 0 Å². The summed E-state index contributed by atoms with van der Waals surface area (Å²) >= 11 is 0. The van der Waals surface area contributed by atoms with Gasteiger partial charge < -0.3 is 0 Å². The molecular weight excluding hydrogens is 104 g/mol. The topological polar surface area (TPSA) is 65.5 Å². The van der Waals surface area contributed by atoms with Gasteiger partial charge in [-0.3, -0.25) is 0 Å². The van der Waals surface area contributed by atoms with Gasteiger partial charge in [-0.15, -0.1) is 0 Å². The van der Waals surface area contributed by atoms with Gasteiger partial charge in [0.05, 0.1) is 5.54 Å². The number of hydrogen-bond donors (Lipinski definition) is 2. The maximum Gasteiger partial charge on any atom is 0.0681 e. The van der Waals surface area contributed by atoms with Crippen molar-refractivity contribution >= 4 is 0 Å². The number of rotatable bonds is 1. The van der Waals surface area contributed by atoms with Crippen LogP contribution in [0, 0.1) is 5.53 Å². The Morgan fingerprint density at radius 2 is 1.88 bits per heavy atom. The van der Waals surface area contributed by atoms with Gasteiger partial charge in [0, 0.05) is 0 Å². The van der Waals surface area contributed by atoms with Crippen molar-refractivity contribution < 1.29 is 0 Å². The number of nitrogens with one attached hydrogen (secondary N) is 1. The molecule has 4 heteroatoms. The Kier molecular flexibility index (Phi) is 1.92. The van der Waals surface area contributed by atoms with Crippen LogP contribution in [0.2, 0.25) is 0 Å². The molecule has 0 radical (unpaired) electrons. The van der Waals surface area contributed by atoms with Gasteiger partial charge >= 0.3 is 0 Å². The lowest BCUT2D eigenvalue weighted by atomic mass is 10.1. The summed E-state index contributed by atoms with van der Waals surface area (Å²) in [7, 11) is 0. The van der Waals surface area contributed by atoms with Crippen molar-refractivity contribution in [2.24, 2.45) is 11.1 Å². The predicted octanol–water partition coefficient (Wildman–Crippen LogP) is 0.907. The molecule has 0 aromatic carbocycles. The molecule has 0 aliphatic carbocycles. The van der Waals surface area contributed by atoms with E-state index in [-0.39, 0.29) is 5.54 Å².